The first-order chi connectivity index (χ1) is 19.3. The normalized spacial score (nSPS) is 14.4. The zero-order valence-electron chi connectivity index (χ0n) is 22.2. The van der Waals surface area contributed by atoms with Gasteiger partial charge >= 0.3 is 6.09 Å². The number of rotatable bonds is 4. The van der Waals surface area contributed by atoms with Gasteiger partial charge in [0.15, 0.2) is 0 Å². The summed E-state index contributed by atoms with van der Waals surface area (Å²) in [7, 11) is 0. The van der Waals surface area contributed by atoms with E-state index in [2.05, 4.69) is 12.1 Å². The molecule has 2 aliphatic rings. The first kappa shape index (κ1) is 28.4. The molecule has 208 valence electrons. The van der Waals surface area contributed by atoms with E-state index in [1.165, 1.54) is 17.7 Å². The van der Waals surface area contributed by atoms with Crippen molar-refractivity contribution in [3.05, 3.63) is 88.7 Å². The van der Waals surface area contributed by atoms with E-state index in [1.807, 2.05) is 42.2 Å². The fourth-order valence-corrected chi connectivity index (χ4v) is 4.98. The van der Waals surface area contributed by atoms with Crippen molar-refractivity contribution >= 4 is 41.3 Å². The number of carbonyl (C=O) groups excluding carboxylic acids is 3. The summed E-state index contributed by atoms with van der Waals surface area (Å²) in [5, 5.41) is 8.96. The van der Waals surface area contributed by atoms with Crippen molar-refractivity contribution in [3.8, 4) is 0 Å². The van der Waals surface area contributed by atoms with E-state index in [4.69, 9.17) is 10.8 Å². The molecular weight excluding hydrogens is 515 g/mol. The summed E-state index contributed by atoms with van der Waals surface area (Å²) >= 11 is 0. The van der Waals surface area contributed by atoms with Crippen molar-refractivity contribution in [1.29, 1.82) is 0 Å². The fourth-order valence-electron chi connectivity index (χ4n) is 4.98. The Morgan fingerprint density at radius 1 is 1.02 bits per heavy atom. The monoisotopic (exact) mass is 546 g/mol. The fraction of sp³-hybridized carbons (Fsp3) is 0.267. The highest BCUT2D eigenvalue weighted by Crippen LogP contribution is 2.35. The third-order valence-corrected chi connectivity index (χ3v) is 7.02. The molecule has 5 rings (SSSR count). The highest BCUT2D eigenvalue weighted by Gasteiger charge is 2.34. The number of carboxylic acid groups (broad SMARTS) is 1. The molecule has 0 saturated carbocycles. The molecule has 0 bridgehead atoms. The maximum atomic E-state index is 13.7. The average molecular weight is 547 g/mol. The first-order valence-corrected chi connectivity index (χ1v) is 13.0. The number of aldehydes is 1. The number of aryl methyl sites for hydroxylation is 2. The van der Waals surface area contributed by atoms with Gasteiger partial charge in [0.25, 0.3) is 5.91 Å². The van der Waals surface area contributed by atoms with Crippen LogP contribution in [-0.2, 0) is 22.6 Å². The number of hydrogen-bond acceptors (Lipinski definition) is 5. The second-order valence-electron chi connectivity index (χ2n) is 9.54. The Labute approximate surface area is 231 Å². The summed E-state index contributed by atoms with van der Waals surface area (Å²) in [6.07, 6.45) is 2.31. The zero-order chi connectivity index (χ0) is 28.8. The quantitative estimate of drug-likeness (QED) is 0.471. The third kappa shape index (κ3) is 5.86. The predicted molar refractivity (Wildman–Crippen MR) is 150 cm³/mol. The van der Waals surface area contributed by atoms with E-state index in [0.29, 0.717) is 17.7 Å². The second kappa shape index (κ2) is 12.5. The molecule has 0 atom stereocenters. The van der Waals surface area contributed by atoms with E-state index in [-0.39, 0.29) is 23.8 Å². The van der Waals surface area contributed by atoms with Crippen LogP contribution in [0.4, 0.5) is 26.2 Å². The molecular formula is C30H31FN4O5. The maximum absolute atomic E-state index is 13.7. The number of nitrogens with zero attached hydrogens (tertiary/aromatic N) is 3. The van der Waals surface area contributed by atoms with Crippen molar-refractivity contribution in [2.24, 2.45) is 5.73 Å². The molecule has 0 saturated heterocycles. The van der Waals surface area contributed by atoms with Crippen molar-refractivity contribution in [2.45, 2.75) is 32.7 Å². The van der Waals surface area contributed by atoms with Gasteiger partial charge in [-0.15, -0.1) is 0 Å². The summed E-state index contributed by atoms with van der Waals surface area (Å²) in [5.74, 6) is -1.23. The topological polar surface area (TPSA) is 124 Å². The number of benzene rings is 3. The van der Waals surface area contributed by atoms with Crippen molar-refractivity contribution < 1.29 is 28.7 Å². The van der Waals surface area contributed by atoms with Gasteiger partial charge in [0.2, 0.25) is 5.91 Å². The largest absolute Gasteiger partial charge is 0.465 e. The van der Waals surface area contributed by atoms with Crippen LogP contribution >= 0.6 is 0 Å². The van der Waals surface area contributed by atoms with Gasteiger partial charge in [-0.3, -0.25) is 14.5 Å². The Bertz CT molecular complexity index is 1440. The van der Waals surface area contributed by atoms with E-state index in [9.17, 15) is 23.6 Å². The average Bonchev–Trinajstić information content (AvgIpc) is 3.17. The molecule has 40 heavy (non-hydrogen) atoms. The number of halogens is 1. The van der Waals surface area contributed by atoms with Gasteiger partial charge in [-0.2, -0.15) is 0 Å². The van der Waals surface area contributed by atoms with Gasteiger partial charge in [0.1, 0.15) is 24.3 Å². The Balaban J connectivity index is 0.000000189. The van der Waals surface area contributed by atoms with E-state index >= 15 is 0 Å². The Kier molecular flexibility index (Phi) is 8.90. The van der Waals surface area contributed by atoms with Gasteiger partial charge < -0.3 is 25.4 Å². The van der Waals surface area contributed by atoms with Crippen molar-refractivity contribution in [2.75, 3.05) is 34.3 Å². The van der Waals surface area contributed by atoms with Crippen LogP contribution in [0, 0.1) is 12.7 Å². The number of nitrogens with two attached hydrogens (primary N) is 1. The van der Waals surface area contributed by atoms with Crippen LogP contribution in [0.15, 0.2) is 60.7 Å². The molecule has 2 heterocycles. The highest BCUT2D eigenvalue weighted by molar-refractivity contribution is 6.10. The van der Waals surface area contributed by atoms with E-state index in [0.717, 1.165) is 59.2 Å². The van der Waals surface area contributed by atoms with Crippen molar-refractivity contribution in [1.82, 2.24) is 0 Å². The number of amides is 3. The van der Waals surface area contributed by atoms with E-state index < -0.39 is 24.4 Å². The number of anilines is 3. The second-order valence-corrected chi connectivity index (χ2v) is 9.54. The molecule has 0 fully saturated rings. The van der Waals surface area contributed by atoms with Crippen LogP contribution in [0.2, 0.25) is 0 Å². The molecule has 0 aliphatic carbocycles. The molecule has 10 heteroatoms. The summed E-state index contributed by atoms with van der Waals surface area (Å²) in [6.45, 7) is 2.57. The van der Waals surface area contributed by atoms with Crippen LogP contribution in [-0.4, -0.2) is 48.9 Å². The van der Waals surface area contributed by atoms with Gasteiger partial charge in [-0.25, -0.2) is 9.18 Å². The zero-order valence-corrected chi connectivity index (χ0v) is 22.2. The molecule has 3 N–H and O–H groups in total. The van der Waals surface area contributed by atoms with Crippen molar-refractivity contribution in [3.63, 3.8) is 0 Å². The Morgan fingerprint density at radius 3 is 2.48 bits per heavy atom. The number of para-hydroxylation sites is 2. The molecule has 0 aromatic heterocycles. The molecule has 0 spiro atoms. The first-order valence-electron chi connectivity index (χ1n) is 13.0. The molecule has 0 radical (unpaired) electrons. The minimum atomic E-state index is -1.42. The van der Waals surface area contributed by atoms with Crippen LogP contribution < -0.4 is 20.4 Å². The summed E-state index contributed by atoms with van der Waals surface area (Å²) in [4.78, 5) is 49.8. The number of fused-ring (bicyclic) bond motifs is 2. The van der Waals surface area contributed by atoms with Gasteiger partial charge in [-0.05, 0) is 73.2 Å². The minimum absolute atomic E-state index is 0.0840. The number of carbonyl (C=O) groups is 4. The molecule has 9 nitrogen and oxygen atoms in total. The molecule has 3 aromatic rings. The summed E-state index contributed by atoms with van der Waals surface area (Å²) < 4.78 is 13.7. The molecule has 3 aromatic carbocycles. The van der Waals surface area contributed by atoms with Gasteiger partial charge in [0.05, 0.1) is 12.2 Å². The molecule has 3 amide bonds. The third-order valence-electron chi connectivity index (χ3n) is 7.02. The smallest absolute Gasteiger partial charge is 0.412 e. The summed E-state index contributed by atoms with van der Waals surface area (Å²) in [6, 6.07) is 17.9. The van der Waals surface area contributed by atoms with Crippen LogP contribution in [0.3, 0.4) is 0 Å². The lowest BCUT2D eigenvalue weighted by molar-refractivity contribution is -0.118. The van der Waals surface area contributed by atoms with Crippen LogP contribution in [0.5, 0.6) is 0 Å². The lowest BCUT2D eigenvalue weighted by Gasteiger charge is -2.33. The predicted octanol–water partition coefficient (Wildman–Crippen LogP) is 4.29. The minimum Gasteiger partial charge on any atom is -0.465 e. The Hall–Kier alpha value is -4.57. The van der Waals surface area contributed by atoms with Crippen LogP contribution in [0.25, 0.3) is 0 Å². The standard InChI is InChI=1S/C19H22N2O.C11H9FN2O4/c1-14-12-16(9-10-17(14)13-20)19(22)21-11-5-4-7-15-6-2-3-8-18(15)21;12-7-2-1-3-8-10(7)14(11(17)18)6-9(16)13(8)4-5-15/h2-3,6,8-10,12H,4-5,7,11,13,20H2,1H3;1-3,5H,4,6H2,(H,17,18). The van der Waals surface area contributed by atoms with E-state index in [1.54, 1.807) is 0 Å². The maximum Gasteiger partial charge on any atom is 0.412 e. The number of hydrogen-bond donors (Lipinski definition) is 2. The van der Waals surface area contributed by atoms with Gasteiger partial charge in [0, 0.05) is 24.3 Å². The molecule has 0 unspecified atom stereocenters. The highest BCUT2D eigenvalue weighted by atomic mass is 19.1. The lowest BCUT2D eigenvalue weighted by atomic mass is 10.0. The molecule has 2 aliphatic heterocycles. The Morgan fingerprint density at radius 2 is 1.77 bits per heavy atom. The SMILES string of the molecule is Cc1cc(C(=O)N2CCCCc3ccccc32)ccc1CN.O=CCN1C(=O)CN(C(=O)O)c2c(F)cccc21. The van der Waals surface area contributed by atoms with Crippen LogP contribution in [0.1, 0.15) is 39.9 Å². The van der Waals surface area contributed by atoms with Gasteiger partial charge in [-0.1, -0.05) is 30.3 Å². The summed E-state index contributed by atoms with van der Waals surface area (Å²) in [5.41, 5.74) is 10.8. The lowest BCUT2D eigenvalue weighted by Crippen LogP contribution is -2.48.